The maximum Gasteiger partial charge on any atom is 0.243 e. The number of hydrogen-bond donors (Lipinski definition) is 1. The van der Waals surface area contributed by atoms with Gasteiger partial charge in [-0.1, -0.05) is 19.9 Å². The van der Waals surface area contributed by atoms with Gasteiger partial charge in [-0.05, 0) is 62.3 Å². The SMILES string of the molecule is CCCOc1ccc(CNC(=O)[C@H]2CCCCN2C(=O)CCC)c(C)c1. The Morgan fingerprint density at radius 3 is 2.73 bits per heavy atom. The molecule has 0 bridgehead atoms. The van der Waals surface area contributed by atoms with Crippen LogP contribution in [-0.2, 0) is 16.1 Å². The van der Waals surface area contributed by atoms with Crippen molar-refractivity contribution in [2.75, 3.05) is 13.2 Å². The van der Waals surface area contributed by atoms with Crippen LogP contribution in [0.5, 0.6) is 5.75 Å². The lowest BCUT2D eigenvalue weighted by atomic mass is 10.00. The summed E-state index contributed by atoms with van der Waals surface area (Å²) in [6, 6.07) is 5.63. The van der Waals surface area contributed by atoms with Gasteiger partial charge in [-0.2, -0.15) is 0 Å². The molecule has 1 fully saturated rings. The quantitative estimate of drug-likeness (QED) is 0.771. The van der Waals surface area contributed by atoms with E-state index in [0.717, 1.165) is 49.0 Å². The second-order valence-electron chi connectivity index (χ2n) is 7.00. The Kier molecular flexibility index (Phi) is 7.95. The number of rotatable bonds is 8. The molecule has 1 heterocycles. The molecule has 2 rings (SSSR count). The lowest BCUT2D eigenvalue weighted by Gasteiger charge is -2.34. The molecule has 0 saturated carbocycles. The lowest BCUT2D eigenvalue weighted by molar-refractivity contribution is -0.142. The summed E-state index contributed by atoms with van der Waals surface area (Å²) in [6.45, 7) is 7.98. The van der Waals surface area contributed by atoms with E-state index in [9.17, 15) is 9.59 Å². The minimum Gasteiger partial charge on any atom is -0.494 e. The minimum atomic E-state index is -0.324. The Bertz CT molecular complexity index is 615. The molecule has 144 valence electrons. The molecule has 1 N–H and O–H groups in total. The van der Waals surface area contributed by atoms with Crippen LogP contribution in [0.15, 0.2) is 18.2 Å². The van der Waals surface area contributed by atoms with E-state index in [1.807, 2.05) is 32.0 Å². The molecule has 1 atom stereocenters. The molecule has 5 nitrogen and oxygen atoms in total. The topological polar surface area (TPSA) is 58.6 Å². The number of carbonyl (C=O) groups excluding carboxylic acids is 2. The zero-order valence-corrected chi connectivity index (χ0v) is 16.3. The molecule has 5 heteroatoms. The van der Waals surface area contributed by atoms with Crippen LogP contribution in [0, 0.1) is 6.92 Å². The molecule has 0 radical (unpaired) electrons. The molecule has 1 saturated heterocycles. The van der Waals surface area contributed by atoms with Gasteiger partial charge in [0.2, 0.25) is 11.8 Å². The largest absolute Gasteiger partial charge is 0.494 e. The van der Waals surface area contributed by atoms with Gasteiger partial charge in [-0.3, -0.25) is 9.59 Å². The number of nitrogens with zero attached hydrogens (tertiary/aromatic N) is 1. The molecule has 1 aromatic rings. The van der Waals surface area contributed by atoms with E-state index in [1.165, 1.54) is 0 Å². The third-order valence-electron chi connectivity index (χ3n) is 4.83. The second-order valence-corrected chi connectivity index (χ2v) is 7.00. The Morgan fingerprint density at radius 2 is 2.04 bits per heavy atom. The zero-order chi connectivity index (χ0) is 18.9. The third-order valence-corrected chi connectivity index (χ3v) is 4.83. The van der Waals surface area contributed by atoms with Crippen LogP contribution in [0.4, 0.5) is 0 Å². The van der Waals surface area contributed by atoms with E-state index < -0.39 is 0 Å². The Balaban J connectivity index is 1.95. The standard InChI is InChI=1S/C21H32N2O3/c1-4-8-20(24)23-12-7-6-9-19(23)21(25)22-15-17-10-11-18(14-16(17)3)26-13-5-2/h10-11,14,19H,4-9,12-13,15H2,1-3H3,(H,22,25)/t19-/m1/s1. The Labute approximate surface area is 157 Å². The number of ether oxygens (including phenoxy) is 1. The summed E-state index contributed by atoms with van der Waals surface area (Å²) in [5, 5.41) is 3.03. The molecule has 2 amide bonds. The summed E-state index contributed by atoms with van der Waals surface area (Å²) in [6.07, 6.45) is 5.04. The van der Waals surface area contributed by atoms with Gasteiger partial charge in [0.25, 0.3) is 0 Å². The molecule has 26 heavy (non-hydrogen) atoms. The van der Waals surface area contributed by atoms with E-state index in [1.54, 1.807) is 4.90 Å². The van der Waals surface area contributed by atoms with Gasteiger partial charge in [0.05, 0.1) is 6.61 Å². The summed E-state index contributed by atoms with van der Waals surface area (Å²) in [7, 11) is 0. The number of benzene rings is 1. The molecule has 0 unspecified atom stereocenters. The summed E-state index contributed by atoms with van der Waals surface area (Å²) in [5.74, 6) is 0.920. The van der Waals surface area contributed by atoms with E-state index >= 15 is 0 Å². The number of hydrogen-bond acceptors (Lipinski definition) is 3. The lowest BCUT2D eigenvalue weighted by Crippen LogP contribution is -2.51. The van der Waals surface area contributed by atoms with Crippen LogP contribution >= 0.6 is 0 Å². The number of nitrogens with one attached hydrogen (secondary N) is 1. The first-order chi connectivity index (χ1) is 12.6. The molecular weight excluding hydrogens is 328 g/mol. The van der Waals surface area contributed by atoms with Crippen molar-refractivity contribution >= 4 is 11.8 Å². The van der Waals surface area contributed by atoms with Gasteiger partial charge in [-0.25, -0.2) is 0 Å². The summed E-state index contributed by atoms with van der Waals surface area (Å²) in [4.78, 5) is 26.8. The van der Waals surface area contributed by atoms with Crippen LogP contribution in [0.1, 0.15) is 63.5 Å². The van der Waals surface area contributed by atoms with Crippen molar-refractivity contribution in [1.82, 2.24) is 10.2 Å². The average Bonchev–Trinajstić information content (AvgIpc) is 2.65. The van der Waals surface area contributed by atoms with Gasteiger partial charge >= 0.3 is 0 Å². The van der Waals surface area contributed by atoms with E-state index in [2.05, 4.69) is 12.2 Å². The van der Waals surface area contributed by atoms with Crippen molar-refractivity contribution in [3.8, 4) is 5.75 Å². The van der Waals surface area contributed by atoms with E-state index in [0.29, 0.717) is 26.1 Å². The van der Waals surface area contributed by atoms with Crippen molar-refractivity contribution in [3.05, 3.63) is 29.3 Å². The van der Waals surface area contributed by atoms with Crippen LogP contribution in [0.2, 0.25) is 0 Å². The zero-order valence-electron chi connectivity index (χ0n) is 16.3. The highest BCUT2D eigenvalue weighted by atomic mass is 16.5. The van der Waals surface area contributed by atoms with Crippen molar-refractivity contribution in [2.45, 2.75) is 71.9 Å². The summed E-state index contributed by atoms with van der Waals surface area (Å²) in [5.41, 5.74) is 2.17. The van der Waals surface area contributed by atoms with Gasteiger partial charge in [0.15, 0.2) is 0 Å². The molecule has 1 aliphatic rings. The number of aryl methyl sites for hydroxylation is 1. The monoisotopic (exact) mass is 360 g/mol. The molecule has 1 aromatic carbocycles. The highest BCUT2D eigenvalue weighted by Gasteiger charge is 2.31. The maximum absolute atomic E-state index is 12.7. The smallest absolute Gasteiger partial charge is 0.243 e. The number of piperidine rings is 1. The van der Waals surface area contributed by atoms with Crippen molar-refractivity contribution in [3.63, 3.8) is 0 Å². The van der Waals surface area contributed by atoms with Crippen molar-refractivity contribution in [2.24, 2.45) is 0 Å². The molecule has 0 aromatic heterocycles. The molecular formula is C21H32N2O3. The first-order valence-electron chi connectivity index (χ1n) is 9.86. The van der Waals surface area contributed by atoms with E-state index in [-0.39, 0.29) is 17.9 Å². The predicted molar refractivity (Wildman–Crippen MR) is 103 cm³/mol. The molecule has 0 aliphatic carbocycles. The Morgan fingerprint density at radius 1 is 1.23 bits per heavy atom. The normalized spacial score (nSPS) is 17.0. The van der Waals surface area contributed by atoms with E-state index in [4.69, 9.17) is 4.74 Å². The van der Waals surface area contributed by atoms with Crippen LogP contribution in [-0.4, -0.2) is 35.9 Å². The molecule has 1 aliphatic heterocycles. The van der Waals surface area contributed by atoms with Crippen LogP contribution in [0.25, 0.3) is 0 Å². The van der Waals surface area contributed by atoms with Crippen molar-refractivity contribution < 1.29 is 14.3 Å². The van der Waals surface area contributed by atoms with Crippen LogP contribution in [0.3, 0.4) is 0 Å². The first kappa shape index (κ1) is 20.3. The predicted octanol–water partition coefficient (Wildman–Crippen LogP) is 3.58. The Hall–Kier alpha value is -2.04. The van der Waals surface area contributed by atoms with Gasteiger partial charge in [-0.15, -0.1) is 0 Å². The van der Waals surface area contributed by atoms with Gasteiger partial charge in [0.1, 0.15) is 11.8 Å². The molecule has 0 spiro atoms. The maximum atomic E-state index is 12.7. The fraction of sp³-hybridized carbons (Fsp3) is 0.619. The summed E-state index contributed by atoms with van der Waals surface area (Å²) < 4.78 is 5.64. The fourth-order valence-electron chi connectivity index (χ4n) is 3.34. The minimum absolute atomic E-state index is 0.0418. The van der Waals surface area contributed by atoms with Gasteiger partial charge < -0.3 is 15.0 Å². The highest BCUT2D eigenvalue weighted by molar-refractivity contribution is 5.87. The summed E-state index contributed by atoms with van der Waals surface area (Å²) >= 11 is 0. The van der Waals surface area contributed by atoms with Gasteiger partial charge in [0, 0.05) is 19.5 Å². The number of carbonyl (C=O) groups is 2. The van der Waals surface area contributed by atoms with Crippen molar-refractivity contribution in [1.29, 1.82) is 0 Å². The third kappa shape index (κ3) is 5.48. The average molecular weight is 360 g/mol. The first-order valence-corrected chi connectivity index (χ1v) is 9.86. The second kappa shape index (κ2) is 10.2. The fourth-order valence-corrected chi connectivity index (χ4v) is 3.34. The highest BCUT2D eigenvalue weighted by Crippen LogP contribution is 2.20. The van der Waals surface area contributed by atoms with Crippen LogP contribution < -0.4 is 10.1 Å². The number of amides is 2. The number of likely N-dealkylation sites (tertiary alicyclic amines) is 1.